The van der Waals surface area contributed by atoms with Crippen LogP contribution in [0.15, 0.2) is 91.0 Å². The van der Waals surface area contributed by atoms with Gasteiger partial charge in [0.1, 0.15) is 0 Å². The van der Waals surface area contributed by atoms with Crippen molar-refractivity contribution >= 4 is 16.3 Å². The van der Waals surface area contributed by atoms with Crippen LogP contribution in [-0.4, -0.2) is 14.8 Å². The van der Waals surface area contributed by atoms with Gasteiger partial charge in [-0.25, -0.2) is 0 Å². The van der Waals surface area contributed by atoms with Crippen molar-refractivity contribution in [1.82, 2.24) is 14.8 Å². The summed E-state index contributed by atoms with van der Waals surface area (Å²) >= 11 is 0. The molecule has 0 aliphatic heterocycles. The second-order valence-electron chi connectivity index (χ2n) is 7.06. The second kappa shape index (κ2) is 7.28. The molecule has 0 N–H and O–H groups in total. The molecule has 28 heavy (non-hydrogen) atoms. The van der Waals surface area contributed by atoms with Crippen LogP contribution in [0, 0.1) is 0 Å². The monoisotopic (exact) mass is 363 g/mol. The van der Waals surface area contributed by atoms with E-state index in [1.54, 1.807) is 0 Å². The molecule has 0 amide bonds. The summed E-state index contributed by atoms with van der Waals surface area (Å²) in [4.78, 5) is 0. The molecule has 1 aromatic heterocycles. The van der Waals surface area contributed by atoms with Crippen molar-refractivity contribution in [3.63, 3.8) is 0 Å². The molecular formula is C25H21N3. The summed E-state index contributed by atoms with van der Waals surface area (Å²) < 4.78 is 2.22. The van der Waals surface area contributed by atoms with E-state index in [1.807, 2.05) is 18.2 Å². The maximum atomic E-state index is 4.65. The molecule has 0 spiro atoms. The molecule has 0 saturated heterocycles. The number of fused-ring (bicyclic) bond motifs is 1. The summed E-state index contributed by atoms with van der Waals surface area (Å²) in [5.74, 6) is 1.81. The summed E-state index contributed by atoms with van der Waals surface area (Å²) in [6, 6.07) is 25.2. The zero-order chi connectivity index (χ0) is 18.8. The molecule has 0 radical (unpaired) electrons. The van der Waals surface area contributed by atoms with Gasteiger partial charge in [0.05, 0.1) is 5.69 Å². The van der Waals surface area contributed by atoms with E-state index in [4.69, 9.17) is 0 Å². The third kappa shape index (κ3) is 2.95. The van der Waals surface area contributed by atoms with Crippen LogP contribution in [0.3, 0.4) is 0 Å². The van der Waals surface area contributed by atoms with E-state index in [0.29, 0.717) is 0 Å². The van der Waals surface area contributed by atoms with Crippen molar-refractivity contribution in [1.29, 1.82) is 0 Å². The van der Waals surface area contributed by atoms with Crippen LogP contribution in [-0.2, 0) is 0 Å². The minimum absolute atomic E-state index is 0.876. The van der Waals surface area contributed by atoms with Gasteiger partial charge in [-0.2, -0.15) is 0 Å². The molecule has 0 unspecified atom stereocenters. The Morgan fingerprint density at radius 3 is 2.46 bits per heavy atom. The van der Waals surface area contributed by atoms with E-state index in [-0.39, 0.29) is 0 Å². The first-order chi connectivity index (χ1) is 13.9. The molecule has 1 aliphatic rings. The number of hydrogen-bond acceptors (Lipinski definition) is 2. The van der Waals surface area contributed by atoms with Crippen molar-refractivity contribution < 1.29 is 0 Å². The second-order valence-corrected chi connectivity index (χ2v) is 7.06. The summed E-state index contributed by atoms with van der Waals surface area (Å²) in [6.45, 7) is 0. The molecule has 3 heteroatoms. The highest BCUT2D eigenvalue weighted by molar-refractivity contribution is 5.91. The van der Waals surface area contributed by atoms with Gasteiger partial charge in [-0.05, 0) is 36.3 Å². The molecule has 1 heterocycles. The van der Waals surface area contributed by atoms with Gasteiger partial charge >= 0.3 is 0 Å². The van der Waals surface area contributed by atoms with Crippen LogP contribution in [0.4, 0.5) is 0 Å². The van der Waals surface area contributed by atoms with Crippen LogP contribution >= 0.6 is 0 Å². The van der Waals surface area contributed by atoms with Crippen LogP contribution in [0.2, 0.25) is 0 Å². The molecule has 0 fully saturated rings. The maximum Gasteiger partial charge on any atom is 0.168 e. The normalized spacial score (nSPS) is 14.1. The number of aromatic nitrogens is 3. The molecular weight excluding hydrogens is 342 g/mol. The van der Waals surface area contributed by atoms with Crippen molar-refractivity contribution in [3.05, 3.63) is 96.8 Å². The SMILES string of the molecule is C1=CCCCC(c2nnc(-c3ccccc3)n2-c2cccc3ccccc23)=C1. The number of hydrogen-bond donors (Lipinski definition) is 0. The Balaban J connectivity index is 1.80. The molecule has 1 aliphatic carbocycles. The van der Waals surface area contributed by atoms with Crippen LogP contribution in [0.25, 0.3) is 33.4 Å². The van der Waals surface area contributed by atoms with Gasteiger partial charge in [0.15, 0.2) is 11.6 Å². The lowest BCUT2D eigenvalue weighted by atomic mass is 10.1. The zero-order valence-corrected chi connectivity index (χ0v) is 15.6. The lowest BCUT2D eigenvalue weighted by Crippen LogP contribution is -2.04. The van der Waals surface area contributed by atoms with Crippen LogP contribution in [0.5, 0.6) is 0 Å². The molecule has 0 saturated carbocycles. The van der Waals surface area contributed by atoms with Gasteiger partial charge in [-0.3, -0.25) is 4.57 Å². The Kier molecular flexibility index (Phi) is 4.34. The van der Waals surface area contributed by atoms with Crippen molar-refractivity contribution in [2.24, 2.45) is 0 Å². The molecule has 4 aromatic rings. The fourth-order valence-corrected chi connectivity index (χ4v) is 3.86. The van der Waals surface area contributed by atoms with E-state index in [1.165, 1.54) is 16.3 Å². The highest BCUT2D eigenvalue weighted by Crippen LogP contribution is 2.32. The predicted octanol–water partition coefficient (Wildman–Crippen LogP) is 6.21. The Bertz CT molecular complexity index is 1180. The highest BCUT2D eigenvalue weighted by atomic mass is 15.3. The van der Waals surface area contributed by atoms with Gasteiger partial charge in [0, 0.05) is 10.9 Å². The maximum absolute atomic E-state index is 4.65. The number of nitrogens with zero attached hydrogens (tertiary/aromatic N) is 3. The van der Waals surface area contributed by atoms with Gasteiger partial charge in [-0.15, -0.1) is 10.2 Å². The minimum Gasteiger partial charge on any atom is -0.275 e. The smallest absolute Gasteiger partial charge is 0.168 e. The molecule has 3 nitrogen and oxygen atoms in total. The standard InChI is InChI=1S/C25H21N3/c1-2-5-13-20(12-4-1)24-26-27-25(21-14-6-3-7-15-21)28(24)23-18-10-16-19-11-8-9-17-22(19)23/h1,3-4,6-12,14-18H,2,5,13H2. The van der Waals surface area contributed by atoms with Gasteiger partial charge in [-0.1, -0.05) is 85.0 Å². The number of benzene rings is 3. The zero-order valence-electron chi connectivity index (χ0n) is 15.6. The highest BCUT2D eigenvalue weighted by Gasteiger charge is 2.20. The fourth-order valence-electron chi connectivity index (χ4n) is 3.86. The summed E-state index contributed by atoms with van der Waals surface area (Å²) in [5, 5.41) is 11.7. The van der Waals surface area contributed by atoms with Crippen LogP contribution < -0.4 is 0 Å². The van der Waals surface area contributed by atoms with Gasteiger partial charge < -0.3 is 0 Å². The average Bonchev–Trinajstić information content (AvgIpc) is 3.01. The Morgan fingerprint density at radius 1 is 0.750 bits per heavy atom. The topological polar surface area (TPSA) is 30.7 Å². The summed E-state index contributed by atoms with van der Waals surface area (Å²) in [5.41, 5.74) is 3.42. The first-order valence-corrected chi connectivity index (χ1v) is 9.77. The third-order valence-corrected chi connectivity index (χ3v) is 5.24. The van der Waals surface area contributed by atoms with Gasteiger partial charge in [0.25, 0.3) is 0 Å². The first kappa shape index (κ1) is 16.7. The first-order valence-electron chi connectivity index (χ1n) is 9.77. The van der Waals surface area contributed by atoms with Gasteiger partial charge in [0.2, 0.25) is 0 Å². The quantitative estimate of drug-likeness (QED) is 0.433. The third-order valence-electron chi connectivity index (χ3n) is 5.24. The summed E-state index contributed by atoms with van der Waals surface area (Å²) in [7, 11) is 0. The van der Waals surface area contributed by atoms with E-state index in [2.05, 4.69) is 87.6 Å². The van der Waals surface area contributed by atoms with Crippen LogP contribution in [0.1, 0.15) is 25.1 Å². The predicted molar refractivity (Wildman–Crippen MR) is 115 cm³/mol. The number of allylic oxidation sites excluding steroid dienone is 4. The van der Waals surface area contributed by atoms with E-state index >= 15 is 0 Å². The van der Waals surface area contributed by atoms with E-state index in [0.717, 1.165) is 42.2 Å². The molecule has 0 atom stereocenters. The van der Waals surface area contributed by atoms with Crippen molar-refractivity contribution in [2.75, 3.05) is 0 Å². The molecule has 5 rings (SSSR count). The Morgan fingerprint density at radius 2 is 1.54 bits per heavy atom. The fraction of sp³-hybridized carbons (Fsp3) is 0.120. The summed E-state index contributed by atoms with van der Waals surface area (Å²) in [6.07, 6.45) is 9.80. The lowest BCUT2D eigenvalue weighted by Gasteiger charge is -2.14. The minimum atomic E-state index is 0.876. The van der Waals surface area contributed by atoms with E-state index < -0.39 is 0 Å². The number of rotatable bonds is 3. The lowest BCUT2D eigenvalue weighted by molar-refractivity contribution is 0.870. The Labute approximate surface area is 164 Å². The average molecular weight is 363 g/mol. The Hall–Kier alpha value is -3.46. The van der Waals surface area contributed by atoms with E-state index in [9.17, 15) is 0 Å². The molecule has 0 bridgehead atoms. The molecule has 3 aromatic carbocycles. The largest absolute Gasteiger partial charge is 0.275 e. The molecule has 136 valence electrons. The van der Waals surface area contributed by atoms with Crippen molar-refractivity contribution in [3.8, 4) is 17.1 Å². The van der Waals surface area contributed by atoms with Crippen molar-refractivity contribution in [2.45, 2.75) is 19.3 Å².